The number of carbonyl (C=O) groups excluding carboxylic acids is 2. The van der Waals surface area contributed by atoms with E-state index in [0.717, 1.165) is 38.8 Å². The van der Waals surface area contributed by atoms with Crippen LogP contribution < -0.4 is 10.6 Å². The predicted molar refractivity (Wildman–Crippen MR) is 101 cm³/mol. The number of halogens is 1. The van der Waals surface area contributed by atoms with Gasteiger partial charge >= 0.3 is 0 Å². The number of carbonyl (C=O) groups is 2. The van der Waals surface area contributed by atoms with Gasteiger partial charge in [-0.25, -0.2) is 0 Å². The highest BCUT2D eigenvalue weighted by Crippen LogP contribution is 2.20. The van der Waals surface area contributed by atoms with Gasteiger partial charge in [-0.15, -0.1) is 12.4 Å². The van der Waals surface area contributed by atoms with E-state index < -0.39 is 0 Å². The van der Waals surface area contributed by atoms with Gasteiger partial charge in [0, 0.05) is 30.7 Å². The zero-order chi connectivity index (χ0) is 16.9. The maximum atomic E-state index is 12.6. The number of nitrogens with one attached hydrogen (secondary N) is 2. The van der Waals surface area contributed by atoms with Gasteiger partial charge in [0.25, 0.3) is 5.91 Å². The van der Waals surface area contributed by atoms with Crippen molar-refractivity contribution in [1.29, 1.82) is 0 Å². The molecule has 0 bridgehead atoms. The molecule has 2 saturated heterocycles. The summed E-state index contributed by atoms with van der Waals surface area (Å²) in [6.07, 6.45) is 3.87. The Morgan fingerprint density at radius 3 is 2.64 bits per heavy atom. The van der Waals surface area contributed by atoms with Gasteiger partial charge in [-0.05, 0) is 51.3 Å². The molecule has 2 heterocycles. The van der Waals surface area contributed by atoms with Gasteiger partial charge in [0.2, 0.25) is 5.91 Å². The van der Waals surface area contributed by atoms with Crippen molar-refractivity contribution in [2.75, 3.05) is 19.6 Å². The number of rotatable bonds is 3. The fraction of sp³-hybridized carbons (Fsp3) is 0.579. The molecule has 138 valence electrons. The van der Waals surface area contributed by atoms with Gasteiger partial charge in [0.05, 0.1) is 5.92 Å². The maximum Gasteiger partial charge on any atom is 0.253 e. The van der Waals surface area contributed by atoms with Crippen LogP contribution in [0.3, 0.4) is 0 Å². The highest BCUT2D eigenvalue weighted by atomic mass is 35.5. The third kappa shape index (κ3) is 4.95. The van der Waals surface area contributed by atoms with Gasteiger partial charge in [-0.3, -0.25) is 9.59 Å². The van der Waals surface area contributed by atoms with Crippen molar-refractivity contribution >= 4 is 24.2 Å². The fourth-order valence-electron chi connectivity index (χ4n) is 3.68. The molecule has 5 nitrogen and oxygen atoms in total. The monoisotopic (exact) mass is 365 g/mol. The van der Waals surface area contributed by atoms with E-state index in [0.29, 0.717) is 18.2 Å². The number of benzene rings is 1. The Bertz CT molecular complexity index is 581. The highest BCUT2D eigenvalue weighted by Gasteiger charge is 2.31. The third-order valence-corrected chi connectivity index (χ3v) is 5.19. The molecule has 0 spiro atoms. The van der Waals surface area contributed by atoms with Crippen LogP contribution in [0.1, 0.15) is 43.0 Å². The first-order valence-electron chi connectivity index (χ1n) is 9.03. The minimum Gasteiger partial charge on any atom is -0.352 e. The molecule has 1 aromatic rings. The summed E-state index contributed by atoms with van der Waals surface area (Å²) in [7, 11) is 0. The molecule has 2 amide bonds. The Morgan fingerprint density at radius 1 is 1.16 bits per heavy atom. The van der Waals surface area contributed by atoms with Crippen LogP contribution in [0.25, 0.3) is 0 Å². The zero-order valence-corrected chi connectivity index (χ0v) is 15.6. The lowest BCUT2D eigenvalue weighted by Crippen LogP contribution is -2.54. The summed E-state index contributed by atoms with van der Waals surface area (Å²) in [5.74, 6) is 0.0300. The van der Waals surface area contributed by atoms with Crippen molar-refractivity contribution in [3.63, 3.8) is 0 Å². The standard InChI is InChI=1S/C19H27N3O2.ClH/c1-14-17(10-5-11-20-14)21-18(23)16-9-6-12-22(13-16)19(24)15-7-3-2-4-8-15;/h2-4,7-8,14,16-17,20H,5-6,9-13H2,1H3,(H,21,23);1H. The minimum absolute atomic E-state index is 0. The molecule has 2 fully saturated rings. The molecule has 2 N–H and O–H groups in total. The molecule has 2 aliphatic rings. The quantitative estimate of drug-likeness (QED) is 0.863. The summed E-state index contributed by atoms with van der Waals surface area (Å²) in [6, 6.07) is 9.84. The molecule has 1 aromatic carbocycles. The topological polar surface area (TPSA) is 61.4 Å². The number of hydrogen-bond acceptors (Lipinski definition) is 3. The van der Waals surface area contributed by atoms with Crippen LogP contribution in [0.5, 0.6) is 0 Å². The van der Waals surface area contributed by atoms with E-state index in [-0.39, 0.29) is 36.2 Å². The van der Waals surface area contributed by atoms with Crippen molar-refractivity contribution < 1.29 is 9.59 Å². The molecular formula is C19H28ClN3O2. The van der Waals surface area contributed by atoms with Crippen LogP contribution in [0.2, 0.25) is 0 Å². The Morgan fingerprint density at radius 2 is 1.92 bits per heavy atom. The Balaban J connectivity index is 0.00000225. The minimum atomic E-state index is -0.0967. The lowest BCUT2D eigenvalue weighted by atomic mass is 9.94. The van der Waals surface area contributed by atoms with Crippen molar-refractivity contribution in [2.24, 2.45) is 5.92 Å². The molecule has 0 saturated carbocycles. The lowest BCUT2D eigenvalue weighted by Gasteiger charge is -2.35. The molecule has 3 atom stereocenters. The molecule has 3 rings (SSSR count). The number of hydrogen-bond donors (Lipinski definition) is 2. The van der Waals surface area contributed by atoms with E-state index in [4.69, 9.17) is 0 Å². The summed E-state index contributed by atoms with van der Waals surface area (Å²) in [5.41, 5.74) is 0.698. The van der Waals surface area contributed by atoms with Gasteiger partial charge in [0.15, 0.2) is 0 Å². The summed E-state index contributed by atoms with van der Waals surface area (Å²) >= 11 is 0. The summed E-state index contributed by atoms with van der Waals surface area (Å²) in [5, 5.41) is 6.61. The molecule has 0 aromatic heterocycles. The fourth-order valence-corrected chi connectivity index (χ4v) is 3.68. The van der Waals surface area contributed by atoms with Crippen molar-refractivity contribution in [3.05, 3.63) is 35.9 Å². The Hall–Kier alpha value is -1.59. The first-order chi connectivity index (χ1) is 11.6. The van der Waals surface area contributed by atoms with Gasteiger partial charge < -0.3 is 15.5 Å². The van der Waals surface area contributed by atoms with E-state index in [1.807, 2.05) is 35.2 Å². The first-order valence-corrected chi connectivity index (χ1v) is 9.03. The van der Waals surface area contributed by atoms with Crippen LogP contribution in [0, 0.1) is 5.92 Å². The maximum absolute atomic E-state index is 12.6. The lowest BCUT2D eigenvalue weighted by molar-refractivity contribution is -0.127. The smallest absolute Gasteiger partial charge is 0.253 e. The Kier molecular flexibility index (Phi) is 7.26. The number of amides is 2. The second kappa shape index (κ2) is 9.20. The highest BCUT2D eigenvalue weighted by molar-refractivity contribution is 5.94. The van der Waals surface area contributed by atoms with E-state index >= 15 is 0 Å². The van der Waals surface area contributed by atoms with Crippen molar-refractivity contribution in [2.45, 2.75) is 44.7 Å². The summed E-state index contributed by atoms with van der Waals surface area (Å²) < 4.78 is 0. The van der Waals surface area contributed by atoms with E-state index in [1.165, 1.54) is 0 Å². The molecule has 0 radical (unpaired) electrons. The van der Waals surface area contributed by atoms with Crippen LogP contribution in [-0.4, -0.2) is 48.4 Å². The normalized spacial score (nSPS) is 26.4. The second-order valence-corrected chi connectivity index (χ2v) is 6.96. The number of piperidine rings is 2. The average Bonchev–Trinajstić information content (AvgIpc) is 2.64. The van der Waals surface area contributed by atoms with Gasteiger partial charge in [-0.2, -0.15) is 0 Å². The van der Waals surface area contributed by atoms with E-state index in [1.54, 1.807) is 0 Å². The van der Waals surface area contributed by atoms with Crippen LogP contribution in [-0.2, 0) is 4.79 Å². The first kappa shape index (κ1) is 19.7. The SMILES string of the molecule is CC1NCCCC1NC(=O)C1CCCN(C(=O)c2ccccc2)C1.Cl. The van der Waals surface area contributed by atoms with Crippen LogP contribution in [0.4, 0.5) is 0 Å². The average molecular weight is 366 g/mol. The molecule has 3 unspecified atom stereocenters. The van der Waals surface area contributed by atoms with E-state index in [2.05, 4.69) is 17.6 Å². The third-order valence-electron chi connectivity index (χ3n) is 5.19. The zero-order valence-electron chi connectivity index (χ0n) is 14.7. The molecular weight excluding hydrogens is 338 g/mol. The summed E-state index contributed by atoms with van der Waals surface area (Å²) in [6.45, 7) is 4.40. The molecule has 2 aliphatic heterocycles. The molecule has 0 aliphatic carbocycles. The van der Waals surface area contributed by atoms with Crippen molar-refractivity contribution in [1.82, 2.24) is 15.5 Å². The number of nitrogens with zero attached hydrogens (tertiary/aromatic N) is 1. The molecule has 6 heteroatoms. The van der Waals surface area contributed by atoms with Gasteiger partial charge in [0.1, 0.15) is 0 Å². The summed E-state index contributed by atoms with van der Waals surface area (Å²) in [4.78, 5) is 27.1. The van der Waals surface area contributed by atoms with Crippen molar-refractivity contribution in [3.8, 4) is 0 Å². The van der Waals surface area contributed by atoms with E-state index in [9.17, 15) is 9.59 Å². The van der Waals surface area contributed by atoms with Gasteiger partial charge in [-0.1, -0.05) is 18.2 Å². The van der Waals surface area contributed by atoms with Crippen LogP contribution >= 0.6 is 12.4 Å². The molecule has 25 heavy (non-hydrogen) atoms. The Labute approximate surface area is 155 Å². The largest absolute Gasteiger partial charge is 0.352 e. The second-order valence-electron chi connectivity index (χ2n) is 6.96. The predicted octanol–water partition coefficient (Wildman–Crippen LogP) is 2.22. The number of likely N-dealkylation sites (tertiary alicyclic amines) is 1. The van der Waals surface area contributed by atoms with Crippen LogP contribution in [0.15, 0.2) is 30.3 Å².